The molecule has 47 valence electrons. The number of aromatic nitrogens is 1. The van der Waals surface area contributed by atoms with Crippen molar-refractivity contribution in [2.45, 2.75) is 0 Å². The van der Waals surface area contributed by atoms with Crippen molar-refractivity contribution in [2.75, 3.05) is 0 Å². The zero-order valence-electron chi connectivity index (χ0n) is 4.56. The van der Waals surface area contributed by atoms with Gasteiger partial charge in [-0.15, -0.1) is 0 Å². The second-order valence-electron chi connectivity index (χ2n) is 1.57. The van der Waals surface area contributed by atoms with Crippen LogP contribution in [0.25, 0.3) is 0 Å². The molecule has 3 heteroatoms. The number of halogens is 2. The van der Waals surface area contributed by atoms with Gasteiger partial charge in [-0.1, -0.05) is 11.6 Å². The highest BCUT2D eigenvalue weighted by atomic mass is 35.5. The Morgan fingerprint density at radius 1 is 1.67 bits per heavy atom. The molecule has 0 saturated carbocycles. The van der Waals surface area contributed by atoms with Gasteiger partial charge in [-0.25, -0.2) is 9.37 Å². The van der Waals surface area contributed by atoms with Crippen molar-refractivity contribution in [1.29, 1.82) is 0 Å². The molecule has 1 rings (SSSR count). The van der Waals surface area contributed by atoms with Gasteiger partial charge in [0.25, 0.3) is 0 Å². The smallest absolute Gasteiger partial charge is 0.164 e. The van der Waals surface area contributed by atoms with Gasteiger partial charge in [-0.2, -0.15) is 0 Å². The number of hydrogen-bond acceptors (Lipinski definition) is 1. The molecule has 1 nitrogen and oxygen atoms in total. The van der Waals surface area contributed by atoms with Crippen LogP contribution in [0.5, 0.6) is 0 Å². The van der Waals surface area contributed by atoms with Crippen LogP contribution in [0.4, 0.5) is 4.39 Å². The molecule has 0 aliphatic rings. The van der Waals surface area contributed by atoms with E-state index >= 15 is 0 Å². The summed E-state index contributed by atoms with van der Waals surface area (Å²) in [6.45, 7) is 3.38. The van der Waals surface area contributed by atoms with Crippen LogP contribution in [0.2, 0.25) is 5.15 Å². The molecule has 1 radical (unpaired) electrons. The summed E-state index contributed by atoms with van der Waals surface area (Å²) in [7, 11) is 0. The van der Waals surface area contributed by atoms with Crippen molar-refractivity contribution in [2.24, 2.45) is 0 Å². The minimum Gasteiger partial charge on any atom is -0.242 e. The summed E-state index contributed by atoms with van der Waals surface area (Å²) >= 11 is 5.29. The molecule has 0 fully saturated rings. The van der Waals surface area contributed by atoms with Crippen molar-refractivity contribution < 1.29 is 4.39 Å². The molecule has 0 atom stereocenters. The number of pyridine rings is 1. The van der Waals surface area contributed by atoms with E-state index in [1.807, 2.05) is 0 Å². The quantitative estimate of drug-likeness (QED) is 0.508. The lowest BCUT2D eigenvalue weighted by molar-refractivity contribution is 0.617. The third-order valence-corrected chi connectivity index (χ3v) is 1.19. The predicted molar refractivity (Wildman–Crippen MR) is 33.7 cm³/mol. The van der Waals surface area contributed by atoms with Gasteiger partial charge in [0.05, 0.1) is 0 Å². The molecule has 0 amide bonds. The second kappa shape index (κ2) is 2.31. The zero-order valence-corrected chi connectivity index (χ0v) is 5.32. The molecule has 1 heterocycles. The molecular formula is C6H4ClFN. The lowest BCUT2D eigenvalue weighted by atomic mass is 10.3. The maximum absolute atomic E-state index is 12.5. The Balaban J connectivity index is 3.25. The normalized spacial score (nSPS) is 9.67. The summed E-state index contributed by atoms with van der Waals surface area (Å²) in [5, 5.41) is -0.123. The Morgan fingerprint density at radius 3 is 2.78 bits per heavy atom. The van der Waals surface area contributed by atoms with E-state index in [1.54, 1.807) is 0 Å². The third-order valence-electron chi connectivity index (χ3n) is 0.927. The van der Waals surface area contributed by atoms with Crippen LogP contribution in [-0.4, -0.2) is 4.98 Å². The molecule has 1 aromatic rings. The summed E-state index contributed by atoms with van der Waals surface area (Å²) in [5.41, 5.74) is 0.273. The topological polar surface area (TPSA) is 12.9 Å². The van der Waals surface area contributed by atoms with E-state index in [9.17, 15) is 4.39 Å². The largest absolute Gasteiger partial charge is 0.242 e. The van der Waals surface area contributed by atoms with Crippen LogP contribution >= 0.6 is 11.6 Å². The van der Waals surface area contributed by atoms with E-state index in [-0.39, 0.29) is 10.7 Å². The SMILES string of the molecule is [CH2]c1ccnc(Cl)c1F. The van der Waals surface area contributed by atoms with Crippen molar-refractivity contribution in [3.05, 3.63) is 35.7 Å². The lowest BCUT2D eigenvalue weighted by Crippen LogP contribution is -1.84. The average Bonchev–Trinajstić information content (AvgIpc) is 1.83. The fourth-order valence-electron chi connectivity index (χ4n) is 0.455. The Bertz CT molecular complexity index is 204. The predicted octanol–water partition coefficient (Wildman–Crippen LogP) is 2.06. The van der Waals surface area contributed by atoms with E-state index in [4.69, 9.17) is 11.6 Å². The second-order valence-corrected chi connectivity index (χ2v) is 1.93. The highest BCUT2D eigenvalue weighted by Gasteiger charge is 2.00. The van der Waals surface area contributed by atoms with Gasteiger partial charge in [0.2, 0.25) is 0 Å². The van der Waals surface area contributed by atoms with Gasteiger partial charge >= 0.3 is 0 Å². The Morgan fingerprint density at radius 2 is 2.33 bits per heavy atom. The van der Waals surface area contributed by atoms with Crippen LogP contribution in [0.15, 0.2) is 12.3 Å². The van der Waals surface area contributed by atoms with Gasteiger partial charge in [-0.3, -0.25) is 0 Å². The van der Waals surface area contributed by atoms with Gasteiger partial charge in [0.15, 0.2) is 11.0 Å². The van der Waals surface area contributed by atoms with Gasteiger partial charge < -0.3 is 0 Å². The van der Waals surface area contributed by atoms with Crippen LogP contribution in [-0.2, 0) is 0 Å². The molecule has 1 aromatic heterocycles. The average molecular weight is 145 g/mol. The van der Waals surface area contributed by atoms with E-state index in [2.05, 4.69) is 11.9 Å². The molecule has 0 aromatic carbocycles. The lowest BCUT2D eigenvalue weighted by Gasteiger charge is -1.93. The summed E-state index contributed by atoms with van der Waals surface area (Å²) < 4.78 is 12.5. The fraction of sp³-hybridized carbons (Fsp3) is 0. The maximum Gasteiger partial charge on any atom is 0.164 e. The zero-order chi connectivity index (χ0) is 6.85. The Labute approximate surface area is 57.5 Å². The number of rotatable bonds is 0. The molecule has 0 spiro atoms. The van der Waals surface area contributed by atoms with Gasteiger partial charge in [0, 0.05) is 6.20 Å². The van der Waals surface area contributed by atoms with E-state index in [0.29, 0.717) is 0 Å². The monoisotopic (exact) mass is 144 g/mol. The minimum absolute atomic E-state index is 0.123. The first-order valence-corrected chi connectivity index (χ1v) is 2.71. The highest BCUT2D eigenvalue weighted by Crippen LogP contribution is 2.12. The number of hydrogen-bond donors (Lipinski definition) is 0. The fourth-order valence-corrected chi connectivity index (χ4v) is 0.633. The summed E-state index contributed by atoms with van der Waals surface area (Å²) in [4.78, 5) is 3.49. The Kier molecular flexibility index (Phi) is 1.67. The van der Waals surface area contributed by atoms with Crippen molar-refractivity contribution in [3.63, 3.8) is 0 Å². The van der Waals surface area contributed by atoms with Gasteiger partial charge in [0.1, 0.15) is 0 Å². The van der Waals surface area contributed by atoms with Crippen LogP contribution in [0.3, 0.4) is 0 Å². The molecular weight excluding hydrogens is 141 g/mol. The first-order chi connectivity index (χ1) is 4.22. The molecule has 9 heavy (non-hydrogen) atoms. The van der Waals surface area contributed by atoms with Crippen LogP contribution in [0.1, 0.15) is 5.56 Å². The number of nitrogens with zero attached hydrogens (tertiary/aromatic N) is 1. The third kappa shape index (κ3) is 1.19. The van der Waals surface area contributed by atoms with Crippen LogP contribution < -0.4 is 0 Å². The highest BCUT2D eigenvalue weighted by molar-refractivity contribution is 6.29. The molecule has 0 N–H and O–H groups in total. The van der Waals surface area contributed by atoms with Crippen molar-refractivity contribution in [3.8, 4) is 0 Å². The molecule has 0 unspecified atom stereocenters. The first-order valence-electron chi connectivity index (χ1n) is 2.34. The van der Waals surface area contributed by atoms with E-state index in [0.717, 1.165) is 0 Å². The van der Waals surface area contributed by atoms with E-state index < -0.39 is 5.82 Å². The first kappa shape index (κ1) is 6.49. The molecule has 0 bridgehead atoms. The standard InChI is InChI=1S/C6H4ClFN/c1-4-2-3-9-6(7)5(4)8/h2-3H,1H2. The summed E-state index contributed by atoms with van der Waals surface area (Å²) in [6, 6.07) is 1.46. The molecule has 0 aliphatic carbocycles. The maximum atomic E-state index is 12.5. The van der Waals surface area contributed by atoms with Crippen molar-refractivity contribution in [1.82, 2.24) is 4.98 Å². The summed E-state index contributed by atoms with van der Waals surface area (Å²) in [6.07, 6.45) is 1.41. The van der Waals surface area contributed by atoms with Crippen LogP contribution in [0, 0.1) is 12.7 Å². The van der Waals surface area contributed by atoms with Gasteiger partial charge in [-0.05, 0) is 18.6 Å². The van der Waals surface area contributed by atoms with Crippen molar-refractivity contribution >= 4 is 11.6 Å². The van der Waals surface area contributed by atoms with E-state index in [1.165, 1.54) is 12.3 Å². The Hall–Kier alpha value is -0.630. The minimum atomic E-state index is -0.542. The summed E-state index contributed by atoms with van der Waals surface area (Å²) in [5.74, 6) is -0.542. The molecule has 0 aliphatic heterocycles. The molecule has 0 saturated heterocycles.